The van der Waals surface area contributed by atoms with Crippen molar-refractivity contribution in [3.63, 3.8) is 0 Å². The Kier molecular flexibility index (Phi) is 8.11. The average Bonchev–Trinajstić information content (AvgIpc) is 2.66. The van der Waals surface area contributed by atoms with Crippen molar-refractivity contribution in [1.29, 1.82) is 0 Å². The number of alkyl carbamates (subject to hydrolysis) is 1. The highest BCUT2D eigenvalue weighted by molar-refractivity contribution is 9.10. The molecule has 1 amide bonds. The largest absolute Gasteiger partial charge is 0.497 e. The summed E-state index contributed by atoms with van der Waals surface area (Å²) in [6.45, 7) is 5.42. The first kappa shape index (κ1) is 23.5. The molecule has 0 saturated carbocycles. The third kappa shape index (κ3) is 7.26. The lowest BCUT2D eigenvalue weighted by atomic mass is 10.0. The van der Waals surface area contributed by atoms with Crippen molar-refractivity contribution in [2.24, 2.45) is 0 Å². The summed E-state index contributed by atoms with van der Waals surface area (Å²) in [4.78, 5) is 23.7. The molecule has 0 aromatic heterocycles. The molecule has 2 rings (SSSR count). The summed E-state index contributed by atoms with van der Waals surface area (Å²) in [5.41, 5.74) is 0.843. The molecule has 0 spiro atoms. The van der Waals surface area contributed by atoms with Crippen LogP contribution in [-0.2, 0) is 22.6 Å². The number of methoxy groups -OCH3 is 1. The predicted octanol–water partition coefficient (Wildman–Crippen LogP) is 4.56. The highest BCUT2D eigenvalue weighted by Crippen LogP contribution is 2.31. The number of para-hydroxylation sites is 1. The first-order valence-electron chi connectivity index (χ1n) is 9.34. The second kappa shape index (κ2) is 10.3. The number of amides is 1. The summed E-state index contributed by atoms with van der Waals surface area (Å²) >= 11 is 3.46. The van der Waals surface area contributed by atoms with E-state index in [2.05, 4.69) is 21.2 Å². The Bertz CT molecular complexity index is 876. The molecule has 0 aliphatic rings. The highest BCUT2D eigenvalue weighted by atomic mass is 79.9. The van der Waals surface area contributed by atoms with Crippen molar-refractivity contribution in [2.75, 3.05) is 7.11 Å². The Labute approximate surface area is 184 Å². The lowest BCUT2D eigenvalue weighted by Crippen LogP contribution is -2.44. The number of carbonyl (C=O) groups excluding carboxylic acids is 1. The van der Waals surface area contributed by atoms with E-state index in [9.17, 15) is 14.7 Å². The molecule has 0 fully saturated rings. The molecule has 0 heterocycles. The van der Waals surface area contributed by atoms with Crippen molar-refractivity contribution in [3.8, 4) is 11.5 Å². The van der Waals surface area contributed by atoms with Gasteiger partial charge in [0.2, 0.25) is 0 Å². The van der Waals surface area contributed by atoms with Crippen LogP contribution >= 0.6 is 15.9 Å². The molecule has 2 aromatic carbocycles. The number of hydrogen-bond acceptors (Lipinski definition) is 5. The van der Waals surface area contributed by atoms with E-state index in [1.165, 1.54) is 0 Å². The van der Waals surface area contributed by atoms with Crippen molar-refractivity contribution < 1.29 is 28.9 Å². The molecule has 8 heteroatoms. The van der Waals surface area contributed by atoms with E-state index in [0.717, 1.165) is 11.3 Å². The fourth-order valence-corrected chi connectivity index (χ4v) is 3.14. The van der Waals surface area contributed by atoms with E-state index < -0.39 is 23.7 Å². The Hall–Kier alpha value is -2.74. The number of hydrogen-bond donors (Lipinski definition) is 2. The number of aliphatic carboxylic acids is 1. The molecule has 1 atom stereocenters. The Morgan fingerprint density at radius 2 is 1.80 bits per heavy atom. The van der Waals surface area contributed by atoms with Crippen LogP contribution in [0.3, 0.4) is 0 Å². The van der Waals surface area contributed by atoms with Crippen molar-refractivity contribution >= 4 is 28.0 Å². The van der Waals surface area contributed by atoms with Crippen LogP contribution in [0.15, 0.2) is 46.9 Å². The van der Waals surface area contributed by atoms with Crippen LogP contribution in [0.1, 0.15) is 31.9 Å². The number of benzene rings is 2. The second-order valence-corrected chi connectivity index (χ2v) is 8.46. The van der Waals surface area contributed by atoms with Crippen molar-refractivity contribution in [2.45, 2.75) is 45.4 Å². The minimum absolute atomic E-state index is 0.0337. The predicted molar refractivity (Wildman–Crippen MR) is 116 cm³/mol. The van der Waals surface area contributed by atoms with Crippen LogP contribution in [0.2, 0.25) is 0 Å². The van der Waals surface area contributed by atoms with E-state index in [-0.39, 0.29) is 13.0 Å². The van der Waals surface area contributed by atoms with Gasteiger partial charge in [-0.2, -0.15) is 0 Å². The zero-order chi connectivity index (χ0) is 22.3. The molecule has 0 unspecified atom stereocenters. The summed E-state index contributed by atoms with van der Waals surface area (Å²) < 4.78 is 17.0. The van der Waals surface area contributed by atoms with Gasteiger partial charge in [-0.05, 0) is 66.0 Å². The van der Waals surface area contributed by atoms with Gasteiger partial charge in [-0.3, -0.25) is 0 Å². The van der Waals surface area contributed by atoms with E-state index >= 15 is 0 Å². The van der Waals surface area contributed by atoms with Crippen LogP contribution in [0.25, 0.3) is 0 Å². The molecule has 30 heavy (non-hydrogen) atoms. The fourth-order valence-electron chi connectivity index (χ4n) is 2.62. The minimum Gasteiger partial charge on any atom is -0.497 e. The van der Waals surface area contributed by atoms with Crippen LogP contribution in [-0.4, -0.2) is 35.9 Å². The van der Waals surface area contributed by atoms with Crippen LogP contribution < -0.4 is 14.8 Å². The molecule has 2 N–H and O–H groups in total. The third-order valence-corrected chi connectivity index (χ3v) is 4.63. The number of ether oxygens (including phenoxy) is 3. The van der Waals surface area contributed by atoms with Gasteiger partial charge in [0, 0.05) is 6.42 Å². The monoisotopic (exact) mass is 479 g/mol. The van der Waals surface area contributed by atoms with Crippen LogP contribution in [0.4, 0.5) is 4.79 Å². The molecule has 0 radical (unpaired) electrons. The standard InChI is InChI=1S/C22H26BrNO6/c1-22(2,3)30-21(27)24-18(20(25)26)12-15-6-5-7-17(23)19(15)29-13-14-8-10-16(28-4)11-9-14/h5-11,18H,12-13H2,1-4H3,(H,24,27)(H,25,26)/t18-/m1/s1. The summed E-state index contributed by atoms with van der Waals surface area (Å²) in [6, 6.07) is 11.6. The normalized spacial score (nSPS) is 12.0. The fraction of sp³-hybridized carbons (Fsp3) is 0.364. The maximum Gasteiger partial charge on any atom is 0.408 e. The average molecular weight is 480 g/mol. The second-order valence-electron chi connectivity index (χ2n) is 7.61. The lowest BCUT2D eigenvalue weighted by Gasteiger charge is -2.22. The first-order valence-corrected chi connectivity index (χ1v) is 10.1. The maximum atomic E-state index is 12.0. The zero-order valence-corrected chi connectivity index (χ0v) is 19.0. The molecule has 2 aromatic rings. The van der Waals surface area contributed by atoms with Gasteiger partial charge >= 0.3 is 12.1 Å². The molecule has 162 valence electrons. The van der Waals surface area contributed by atoms with Crippen LogP contribution in [0.5, 0.6) is 11.5 Å². The smallest absolute Gasteiger partial charge is 0.408 e. The molecule has 0 aliphatic heterocycles. The summed E-state index contributed by atoms with van der Waals surface area (Å²) in [5.74, 6) is 0.102. The summed E-state index contributed by atoms with van der Waals surface area (Å²) in [6.07, 6.45) is -0.753. The van der Waals surface area contributed by atoms with Gasteiger partial charge in [-0.1, -0.05) is 24.3 Å². The van der Waals surface area contributed by atoms with E-state index in [4.69, 9.17) is 14.2 Å². The quantitative estimate of drug-likeness (QED) is 0.576. The van der Waals surface area contributed by atoms with Crippen molar-refractivity contribution in [1.82, 2.24) is 5.32 Å². The number of carboxylic acid groups (broad SMARTS) is 1. The first-order chi connectivity index (χ1) is 14.1. The molecule has 0 aliphatic carbocycles. The Balaban J connectivity index is 2.14. The number of nitrogens with one attached hydrogen (secondary N) is 1. The minimum atomic E-state index is -1.17. The zero-order valence-electron chi connectivity index (χ0n) is 17.4. The van der Waals surface area contributed by atoms with E-state index in [1.807, 2.05) is 30.3 Å². The highest BCUT2D eigenvalue weighted by Gasteiger charge is 2.25. The molecule has 7 nitrogen and oxygen atoms in total. The number of rotatable bonds is 8. The summed E-state index contributed by atoms with van der Waals surface area (Å²) in [7, 11) is 1.60. The topological polar surface area (TPSA) is 94.1 Å². The number of carboxylic acids is 1. The van der Waals surface area contributed by atoms with Gasteiger partial charge in [0.15, 0.2) is 0 Å². The maximum absolute atomic E-state index is 12.0. The Morgan fingerprint density at radius 3 is 2.37 bits per heavy atom. The van der Waals surface area contributed by atoms with Gasteiger partial charge < -0.3 is 24.6 Å². The molecule has 0 saturated heterocycles. The Morgan fingerprint density at radius 1 is 1.13 bits per heavy atom. The van der Waals surface area contributed by atoms with E-state index in [0.29, 0.717) is 15.8 Å². The summed E-state index contributed by atoms with van der Waals surface area (Å²) in [5, 5.41) is 12.0. The SMILES string of the molecule is COc1ccc(COc2c(Br)cccc2C[C@@H](NC(=O)OC(C)(C)C)C(=O)O)cc1. The van der Waals surface area contributed by atoms with Gasteiger partial charge in [0.25, 0.3) is 0 Å². The molecular formula is C22H26BrNO6. The lowest BCUT2D eigenvalue weighted by molar-refractivity contribution is -0.139. The van der Waals surface area contributed by atoms with E-state index in [1.54, 1.807) is 40.0 Å². The van der Waals surface area contributed by atoms with Gasteiger partial charge in [-0.15, -0.1) is 0 Å². The molecule has 0 bridgehead atoms. The van der Waals surface area contributed by atoms with Crippen LogP contribution in [0, 0.1) is 0 Å². The van der Waals surface area contributed by atoms with Gasteiger partial charge in [-0.25, -0.2) is 9.59 Å². The van der Waals surface area contributed by atoms with Gasteiger partial charge in [0.1, 0.15) is 29.7 Å². The third-order valence-electron chi connectivity index (χ3n) is 4.00. The number of carbonyl (C=O) groups is 2. The van der Waals surface area contributed by atoms with Crippen molar-refractivity contribution in [3.05, 3.63) is 58.1 Å². The van der Waals surface area contributed by atoms with Gasteiger partial charge in [0.05, 0.1) is 11.6 Å². The molecular weight excluding hydrogens is 454 g/mol. The number of halogens is 1.